The molecule has 0 spiro atoms. The topological polar surface area (TPSA) is 49.4 Å². The molecule has 3 aromatic carbocycles. The van der Waals surface area contributed by atoms with Crippen LogP contribution < -0.4 is 5.32 Å². The van der Waals surface area contributed by atoms with Gasteiger partial charge in [-0.2, -0.15) is 0 Å². The van der Waals surface area contributed by atoms with Crippen LogP contribution in [0, 0.1) is 0 Å². The molecular formula is C32H38Cl2N2O2. The van der Waals surface area contributed by atoms with E-state index in [1.54, 1.807) is 17.0 Å². The average molecular weight is 554 g/mol. The third-order valence-corrected chi connectivity index (χ3v) is 7.23. The number of carbonyl (C=O) groups excluding carboxylic acids is 2. The number of amides is 2. The smallest absolute Gasteiger partial charge is 0.243 e. The number of hydrogen-bond acceptors (Lipinski definition) is 2. The highest BCUT2D eigenvalue weighted by Crippen LogP contribution is 2.25. The van der Waals surface area contributed by atoms with Crippen LogP contribution in [0.15, 0.2) is 72.8 Å². The minimum atomic E-state index is -0.676. The molecule has 0 unspecified atom stereocenters. The van der Waals surface area contributed by atoms with Crippen LogP contribution in [0.5, 0.6) is 0 Å². The molecule has 0 aliphatic rings. The Kier molecular flexibility index (Phi) is 10.4. The van der Waals surface area contributed by atoms with Gasteiger partial charge in [-0.1, -0.05) is 105 Å². The minimum absolute atomic E-state index is 0.0518. The number of nitrogens with one attached hydrogen (secondary N) is 1. The van der Waals surface area contributed by atoms with Crippen LogP contribution in [-0.4, -0.2) is 28.8 Å². The predicted octanol–water partition coefficient (Wildman–Crippen LogP) is 7.39. The molecule has 0 bridgehead atoms. The van der Waals surface area contributed by atoms with E-state index in [9.17, 15) is 9.59 Å². The first kappa shape index (κ1) is 29.7. The van der Waals surface area contributed by atoms with E-state index in [-0.39, 0.29) is 36.2 Å². The molecule has 0 saturated carbocycles. The number of carbonyl (C=O) groups is 2. The van der Waals surface area contributed by atoms with E-state index in [1.165, 1.54) is 5.56 Å². The highest BCUT2D eigenvalue weighted by Gasteiger charge is 2.30. The molecule has 2 amide bonds. The standard InChI is InChI=1S/C32H38Cl2N2O2/c1-22(2)35-31(38)29(20-24-9-7-6-8-10-24)36(21-25-13-17-27(33)28(34)19-25)30(37)18-14-23-11-15-26(16-12-23)32(3,4)5/h6-13,15-17,19,22,29H,14,18,20-21H2,1-5H3,(H,35,38)/t29-/m0/s1. The van der Waals surface area contributed by atoms with E-state index in [1.807, 2.05) is 50.2 Å². The molecule has 4 nitrogen and oxygen atoms in total. The number of benzene rings is 3. The molecule has 0 saturated heterocycles. The second-order valence-corrected chi connectivity index (χ2v) is 11.9. The van der Waals surface area contributed by atoms with Crippen molar-refractivity contribution in [3.8, 4) is 0 Å². The van der Waals surface area contributed by atoms with Gasteiger partial charge in [0.25, 0.3) is 0 Å². The predicted molar refractivity (Wildman–Crippen MR) is 158 cm³/mol. The van der Waals surface area contributed by atoms with Gasteiger partial charge in [-0.15, -0.1) is 0 Å². The van der Waals surface area contributed by atoms with E-state index in [0.29, 0.717) is 22.9 Å². The highest BCUT2D eigenvalue weighted by molar-refractivity contribution is 6.42. The molecule has 3 aromatic rings. The van der Waals surface area contributed by atoms with Gasteiger partial charge in [0.1, 0.15) is 6.04 Å². The van der Waals surface area contributed by atoms with Crippen LogP contribution in [0.2, 0.25) is 10.0 Å². The van der Waals surface area contributed by atoms with Gasteiger partial charge in [-0.3, -0.25) is 9.59 Å². The summed E-state index contributed by atoms with van der Waals surface area (Å²) in [7, 11) is 0. The van der Waals surface area contributed by atoms with Crippen molar-refractivity contribution in [1.29, 1.82) is 0 Å². The van der Waals surface area contributed by atoms with Crippen molar-refractivity contribution in [1.82, 2.24) is 10.2 Å². The lowest BCUT2D eigenvalue weighted by Gasteiger charge is -2.32. The summed E-state index contributed by atoms with van der Waals surface area (Å²) in [4.78, 5) is 29.0. The quantitative estimate of drug-likeness (QED) is 0.285. The number of halogens is 2. The second-order valence-electron chi connectivity index (χ2n) is 11.1. The van der Waals surface area contributed by atoms with Crippen LogP contribution in [-0.2, 0) is 34.4 Å². The zero-order chi connectivity index (χ0) is 27.9. The first-order chi connectivity index (χ1) is 17.9. The molecule has 0 aliphatic heterocycles. The molecule has 0 fully saturated rings. The molecular weight excluding hydrogens is 515 g/mol. The van der Waals surface area contributed by atoms with Crippen molar-refractivity contribution in [2.24, 2.45) is 0 Å². The molecule has 38 heavy (non-hydrogen) atoms. The van der Waals surface area contributed by atoms with Gasteiger partial charge in [0, 0.05) is 25.4 Å². The van der Waals surface area contributed by atoms with E-state index < -0.39 is 6.04 Å². The summed E-state index contributed by atoms with van der Waals surface area (Å²) in [5, 5.41) is 3.89. The molecule has 0 heterocycles. The van der Waals surface area contributed by atoms with E-state index >= 15 is 0 Å². The monoisotopic (exact) mass is 552 g/mol. The highest BCUT2D eigenvalue weighted by atomic mass is 35.5. The van der Waals surface area contributed by atoms with E-state index in [2.05, 4.69) is 50.4 Å². The average Bonchev–Trinajstić information content (AvgIpc) is 2.86. The molecule has 0 aliphatic carbocycles. The van der Waals surface area contributed by atoms with Gasteiger partial charge in [-0.25, -0.2) is 0 Å². The van der Waals surface area contributed by atoms with Crippen molar-refractivity contribution in [3.05, 3.63) is 105 Å². The SMILES string of the molecule is CC(C)NC(=O)[C@H](Cc1ccccc1)N(Cc1ccc(Cl)c(Cl)c1)C(=O)CCc1ccc(C(C)(C)C)cc1. The summed E-state index contributed by atoms with van der Waals surface area (Å²) in [6.07, 6.45) is 1.29. The normalized spacial score (nSPS) is 12.3. The Morgan fingerprint density at radius 1 is 0.842 bits per heavy atom. The van der Waals surface area contributed by atoms with Gasteiger partial charge < -0.3 is 10.2 Å². The number of aryl methyl sites for hydroxylation is 1. The maximum atomic E-state index is 13.8. The lowest BCUT2D eigenvalue weighted by molar-refractivity contribution is -0.141. The molecule has 202 valence electrons. The van der Waals surface area contributed by atoms with Crippen molar-refractivity contribution in [2.75, 3.05) is 0 Å². The van der Waals surface area contributed by atoms with Crippen molar-refractivity contribution >= 4 is 35.0 Å². The third kappa shape index (κ3) is 8.61. The zero-order valence-electron chi connectivity index (χ0n) is 22.9. The van der Waals surface area contributed by atoms with Gasteiger partial charge in [0.2, 0.25) is 11.8 Å². The lowest BCUT2D eigenvalue weighted by atomic mass is 9.86. The van der Waals surface area contributed by atoms with Crippen LogP contribution >= 0.6 is 23.2 Å². The molecule has 6 heteroatoms. The maximum absolute atomic E-state index is 13.8. The second kappa shape index (κ2) is 13.3. The summed E-state index contributed by atoms with van der Waals surface area (Å²) in [5.74, 6) is -0.261. The summed E-state index contributed by atoms with van der Waals surface area (Å²) in [6, 6.07) is 22.8. The fraction of sp³-hybridized carbons (Fsp3) is 0.375. The van der Waals surface area contributed by atoms with Crippen molar-refractivity contribution in [3.63, 3.8) is 0 Å². The van der Waals surface area contributed by atoms with Crippen LogP contribution in [0.3, 0.4) is 0 Å². The fourth-order valence-corrected chi connectivity index (χ4v) is 4.66. The summed E-state index contributed by atoms with van der Waals surface area (Å²) in [6.45, 7) is 10.6. The lowest BCUT2D eigenvalue weighted by Crippen LogP contribution is -2.51. The summed E-state index contributed by atoms with van der Waals surface area (Å²) in [5.41, 5.74) is 4.22. The largest absolute Gasteiger partial charge is 0.352 e. The Balaban J connectivity index is 1.90. The molecule has 1 atom stereocenters. The van der Waals surface area contributed by atoms with Crippen molar-refractivity contribution < 1.29 is 9.59 Å². The number of nitrogens with zero attached hydrogens (tertiary/aromatic N) is 1. The Hall–Kier alpha value is -2.82. The molecule has 0 aromatic heterocycles. The van der Waals surface area contributed by atoms with Gasteiger partial charge >= 0.3 is 0 Å². The maximum Gasteiger partial charge on any atom is 0.243 e. The number of rotatable bonds is 10. The van der Waals surface area contributed by atoms with Gasteiger partial charge in [0.05, 0.1) is 10.0 Å². The van der Waals surface area contributed by atoms with Crippen LogP contribution in [0.1, 0.15) is 63.3 Å². The molecule has 0 radical (unpaired) electrons. The summed E-state index contributed by atoms with van der Waals surface area (Å²) >= 11 is 12.4. The van der Waals surface area contributed by atoms with Crippen LogP contribution in [0.25, 0.3) is 0 Å². The Bertz CT molecular complexity index is 1220. The zero-order valence-corrected chi connectivity index (χ0v) is 24.4. The minimum Gasteiger partial charge on any atom is -0.352 e. The summed E-state index contributed by atoms with van der Waals surface area (Å²) < 4.78 is 0. The number of hydrogen-bond donors (Lipinski definition) is 1. The first-order valence-electron chi connectivity index (χ1n) is 13.1. The molecule has 1 N–H and O–H groups in total. The third-order valence-electron chi connectivity index (χ3n) is 6.49. The van der Waals surface area contributed by atoms with Crippen molar-refractivity contribution in [2.45, 2.75) is 77.9 Å². The Morgan fingerprint density at radius 2 is 1.47 bits per heavy atom. The van der Waals surface area contributed by atoms with Gasteiger partial charge in [0.15, 0.2) is 0 Å². The first-order valence-corrected chi connectivity index (χ1v) is 13.9. The van der Waals surface area contributed by atoms with Gasteiger partial charge in [-0.05, 0) is 60.1 Å². The molecule has 3 rings (SSSR count). The van der Waals surface area contributed by atoms with Crippen LogP contribution in [0.4, 0.5) is 0 Å². The fourth-order valence-electron chi connectivity index (χ4n) is 4.34. The Morgan fingerprint density at radius 3 is 2.05 bits per heavy atom. The Labute approximate surface area is 237 Å². The van der Waals surface area contributed by atoms with E-state index in [4.69, 9.17) is 23.2 Å². The van der Waals surface area contributed by atoms with E-state index in [0.717, 1.165) is 16.7 Å².